The van der Waals surface area contributed by atoms with Crippen LogP contribution in [-0.4, -0.2) is 48.8 Å². The molecule has 8 heteroatoms. The summed E-state index contributed by atoms with van der Waals surface area (Å²) in [4.78, 5) is 54.1. The van der Waals surface area contributed by atoms with Crippen LogP contribution in [-0.2, 0) is 38.1 Å². The maximum atomic E-state index is 13.8. The van der Waals surface area contributed by atoms with Crippen molar-refractivity contribution in [1.29, 1.82) is 0 Å². The van der Waals surface area contributed by atoms with Gasteiger partial charge < -0.3 is 18.9 Å². The first-order chi connectivity index (χ1) is 25.5. The standard InChI is InChI=1S/C44H76O8/c1-2-3-4-5-6-7-8-9-10-11-12-13-14-15-16-26-33-49-41(45)34-39(43(47)51-37-29-22-18-23-30-37)40(44(48)52-38-31-24-19-25-32-38)35-42(46)50-36-27-20-17-21-28-36/h36-40H,2-35H2,1H3. The van der Waals surface area contributed by atoms with Crippen molar-refractivity contribution in [2.24, 2.45) is 11.8 Å². The number of esters is 4. The fourth-order valence-electron chi connectivity index (χ4n) is 8.32. The summed E-state index contributed by atoms with van der Waals surface area (Å²) in [5.74, 6) is -4.59. The summed E-state index contributed by atoms with van der Waals surface area (Å²) < 4.78 is 23.3. The summed E-state index contributed by atoms with van der Waals surface area (Å²) in [6.45, 7) is 2.55. The van der Waals surface area contributed by atoms with Crippen LogP contribution < -0.4 is 0 Å². The third-order valence-corrected chi connectivity index (χ3v) is 11.6. The molecule has 0 aromatic rings. The Morgan fingerprint density at radius 1 is 0.423 bits per heavy atom. The van der Waals surface area contributed by atoms with Crippen molar-refractivity contribution < 1.29 is 38.1 Å². The van der Waals surface area contributed by atoms with Gasteiger partial charge in [0, 0.05) is 0 Å². The number of hydrogen-bond acceptors (Lipinski definition) is 8. The number of ether oxygens (including phenoxy) is 4. The monoisotopic (exact) mass is 733 g/mol. The van der Waals surface area contributed by atoms with Crippen LogP contribution in [0.1, 0.15) is 219 Å². The lowest BCUT2D eigenvalue weighted by Crippen LogP contribution is -2.39. The van der Waals surface area contributed by atoms with Gasteiger partial charge >= 0.3 is 23.9 Å². The molecule has 0 saturated heterocycles. The van der Waals surface area contributed by atoms with Gasteiger partial charge in [0.2, 0.25) is 0 Å². The topological polar surface area (TPSA) is 105 Å². The molecule has 300 valence electrons. The molecule has 3 saturated carbocycles. The molecule has 0 bridgehead atoms. The zero-order chi connectivity index (χ0) is 37.1. The van der Waals surface area contributed by atoms with E-state index < -0.39 is 35.7 Å². The molecule has 0 aliphatic heterocycles. The Morgan fingerprint density at radius 3 is 1.13 bits per heavy atom. The van der Waals surface area contributed by atoms with Gasteiger partial charge in [0.15, 0.2) is 0 Å². The maximum absolute atomic E-state index is 13.8. The molecule has 0 aromatic carbocycles. The number of carbonyl (C=O) groups is 4. The molecule has 0 N–H and O–H groups in total. The first kappa shape index (κ1) is 44.3. The molecule has 0 spiro atoms. The molecule has 3 rings (SSSR count). The molecule has 0 amide bonds. The molecule has 0 radical (unpaired) electrons. The van der Waals surface area contributed by atoms with Crippen molar-refractivity contribution >= 4 is 23.9 Å². The van der Waals surface area contributed by atoms with Gasteiger partial charge in [-0.3, -0.25) is 19.2 Å². The Balaban J connectivity index is 1.45. The number of unbranched alkanes of at least 4 members (excludes halogenated alkanes) is 15. The van der Waals surface area contributed by atoms with Gasteiger partial charge in [-0.15, -0.1) is 0 Å². The number of hydrogen-bond donors (Lipinski definition) is 0. The maximum Gasteiger partial charge on any atom is 0.310 e. The SMILES string of the molecule is CCCCCCCCCCCCCCCCCCOC(=O)CC(C(=O)OC1CCCCC1)C(CC(=O)OC1CCCCC1)C(=O)OC1CCCCC1. The van der Waals surface area contributed by atoms with E-state index in [-0.39, 0.29) is 37.8 Å². The second-order valence-electron chi connectivity index (χ2n) is 16.3. The molecule has 8 nitrogen and oxygen atoms in total. The van der Waals surface area contributed by atoms with E-state index in [1.165, 1.54) is 83.5 Å². The van der Waals surface area contributed by atoms with Crippen LogP contribution in [0.3, 0.4) is 0 Å². The summed E-state index contributed by atoms with van der Waals surface area (Å²) in [5.41, 5.74) is 0. The van der Waals surface area contributed by atoms with Crippen LogP contribution >= 0.6 is 0 Å². The van der Waals surface area contributed by atoms with Crippen molar-refractivity contribution in [3.05, 3.63) is 0 Å². The van der Waals surface area contributed by atoms with Crippen LogP contribution in [0.15, 0.2) is 0 Å². The van der Waals surface area contributed by atoms with E-state index in [0.29, 0.717) is 0 Å². The third-order valence-electron chi connectivity index (χ3n) is 11.6. The largest absolute Gasteiger partial charge is 0.466 e. The average Bonchev–Trinajstić information content (AvgIpc) is 3.15. The first-order valence-corrected chi connectivity index (χ1v) is 22.2. The highest BCUT2D eigenvalue weighted by Gasteiger charge is 2.42. The van der Waals surface area contributed by atoms with Crippen molar-refractivity contribution in [3.8, 4) is 0 Å². The fourth-order valence-corrected chi connectivity index (χ4v) is 8.32. The summed E-state index contributed by atoms with van der Waals surface area (Å²) in [6, 6.07) is 0. The quantitative estimate of drug-likeness (QED) is 0.0467. The molecule has 0 heterocycles. The highest BCUT2D eigenvalue weighted by atomic mass is 16.6. The highest BCUT2D eigenvalue weighted by Crippen LogP contribution is 2.31. The predicted molar refractivity (Wildman–Crippen MR) is 206 cm³/mol. The normalized spacial score (nSPS) is 18.7. The first-order valence-electron chi connectivity index (χ1n) is 22.2. The zero-order valence-electron chi connectivity index (χ0n) is 33.2. The molecule has 2 atom stereocenters. The van der Waals surface area contributed by atoms with Gasteiger partial charge in [-0.2, -0.15) is 0 Å². The molecule has 52 heavy (non-hydrogen) atoms. The van der Waals surface area contributed by atoms with Gasteiger partial charge in [0.05, 0.1) is 31.3 Å². The van der Waals surface area contributed by atoms with E-state index in [1.54, 1.807) is 0 Å². The molecule has 0 aromatic heterocycles. The van der Waals surface area contributed by atoms with Crippen molar-refractivity contribution in [2.75, 3.05) is 6.61 Å². The van der Waals surface area contributed by atoms with Gasteiger partial charge in [0.25, 0.3) is 0 Å². The summed E-state index contributed by atoms with van der Waals surface area (Å²) >= 11 is 0. The average molecular weight is 733 g/mol. The van der Waals surface area contributed by atoms with E-state index in [2.05, 4.69) is 6.92 Å². The van der Waals surface area contributed by atoms with Gasteiger partial charge in [0.1, 0.15) is 18.3 Å². The minimum Gasteiger partial charge on any atom is -0.466 e. The number of carbonyl (C=O) groups excluding carboxylic acids is 4. The van der Waals surface area contributed by atoms with Crippen LogP contribution in [0.4, 0.5) is 0 Å². The minimum atomic E-state index is -1.16. The molecule has 3 aliphatic carbocycles. The van der Waals surface area contributed by atoms with E-state index in [0.717, 1.165) is 116 Å². The van der Waals surface area contributed by atoms with Crippen molar-refractivity contribution in [2.45, 2.75) is 237 Å². The van der Waals surface area contributed by atoms with E-state index in [1.807, 2.05) is 0 Å². The Bertz CT molecular complexity index is 963. The summed E-state index contributed by atoms with van der Waals surface area (Å²) in [5, 5.41) is 0. The lowest BCUT2D eigenvalue weighted by Gasteiger charge is -2.30. The zero-order valence-corrected chi connectivity index (χ0v) is 33.2. The molecule has 2 unspecified atom stereocenters. The minimum absolute atomic E-state index is 0.173. The highest BCUT2D eigenvalue weighted by molar-refractivity contribution is 5.88. The predicted octanol–water partition coefficient (Wildman–Crippen LogP) is 11.4. The summed E-state index contributed by atoms with van der Waals surface area (Å²) in [7, 11) is 0. The van der Waals surface area contributed by atoms with Crippen LogP contribution in [0.25, 0.3) is 0 Å². The third kappa shape index (κ3) is 19.8. The van der Waals surface area contributed by atoms with E-state index >= 15 is 0 Å². The van der Waals surface area contributed by atoms with Crippen molar-refractivity contribution in [3.63, 3.8) is 0 Å². The fraction of sp³-hybridized carbons (Fsp3) is 0.909. The van der Waals surface area contributed by atoms with Crippen LogP contribution in [0, 0.1) is 11.8 Å². The molecular formula is C44H76O8. The Kier molecular flexibility index (Phi) is 24.1. The smallest absolute Gasteiger partial charge is 0.310 e. The molecule has 3 fully saturated rings. The Morgan fingerprint density at radius 2 is 0.750 bits per heavy atom. The van der Waals surface area contributed by atoms with Gasteiger partial charge in [-0.25, -0.2) is 0 Å². The Labute approximate surface area is 317 Å². The lowest BCUT2D eigenvalue weighted by molar-refractivity contribution is -0.174. The lowest BCUT2D eigenvalue weighted by atomic mass is 9.86. The van der Waals surface area contributed by atoms with Crippen molar-refractivity contribution in [1.82, 2.24) is 0 Å². The Hall–Kier alpha value is -2.12. The van der Waals surface area contributed by atoms with Crippen LogP contribution in [0.5, 0.6) is 0 Å². The second kappa shape index (κ2) is 28.3. The molecular weight excluding hydrogens is 656 g/mol. The second-order valence-corrected chi connectivity index (χ2v) is 16.3. The van der Waals surface area contributed by atoms with Gasteiger partial charge in [-0.1, -0.05) is 122 Å². The van der Waals surface area contributed by atoms with E-state index in [9.17, 15) is 19.2 Å². The summed E-state index contributed by atoms with van der Waals surface area (Å²) in [6.07, 6.45) is 33.0. The number of rotatable bonds is 27. The molecule has 3 aliphatic rings. The van der Waals surface area contributed by atoms with E-state index in [4.69, 9.17) is 18.9 Å². The van der Waals surface area contributed by atoms with Gasteiger partial charge in [-0.05, 0) is 83.5 Å². The van der Waals surface area contributed by atoms with Crippen LogP contribution in [0.2, 0.25) is 0 Å².